The Labute approximate surface area is 256 Å². The van der Waals surface area contributed by atoms with Gasteiger partial charge in [-0.25, -0.2) is 22.5 Å². The lowest BCUT2D eigenvalue weighted by molar-refractivity contribution is 0.0104. The van der Waals surface area contributed by atoms with E-state index in [1.165, 1.54) is 30.5 Å². The molecule has 4 aromatic rings. The van der Waals surface area contributed by atoms with Crippen molar-refractivity contribution in [3.63, 3.8) is 0 Å². The number of phenolic OH excluding ortho intramolecular Hbond substituents is 1. The first-order valence-corrected chi connectivity index (χ1v) is 15.2. The molecular weight excluding hydrogens is 594 g/mol. The molecule has 4 aliphatic heterocycles. The maximum absolute atomic E-state index is 16.7. The van der Waals surface area contributed by atoms with E-state index in [-0.39, 0.29) is 51.6 Å². The normalized spacial score (nSPS) is 25.9. The van der Waals surface area contributed by atoms with Crippen molar-refractivity contribution >= 4 is 39.0 Å². The first-order chi connectivity index (χ1) is 21.1. The predicted molar refractivity (Wildman–Crippen MR) is 161 cm³/mol. The Morgan fingerprint density at radius 2 is 1.89 bits per heavy atom. The summed E-state index contributed by atoms with van der Waals surface area (Å²) in [6.45, 7) is 1.67. The Hall–Kier alpha value is -3.65. The van der Waals surface area contributed by atoms with Crippen LogP contribution in [-0.2, 0) is 0 Å². The third-order valence-electron chi connectivity index (χ3n) is 9.60. The van der Waals surface area contributed by atoms with Crippen molar-refractivity contribution in [3.05, 3.63) is 58.9 Å². The molecule has 44 heavy (non-hydrogen) atoms. The fraction of sp³-hybridized carbons (Fsp3) is 0.394. The molecule has 0 amide bonds. The van der Waals surface area contributed by atoms with Crippen LogP contribution in [0.2, 0.25) is 5.02 Å². The van der Waals surface area contributed by atoms with Crippen LogP contribution >= 0.6 is 11.6 Å². The summed E-state index contributed by atoms with van der Waals surface area (Å²) in [4.78, 5) is 13.0. The van der Waals surface area contributed by atoms with Gasteiger partial charge in [-0.15, -0.1) is 0 Å². The molecule has 3 unspecified atom stereocenters. The topological polar surface area (TPSA) is 64.5 Å². The van der Waals surface area contributed by atoms with E-state index in [1.54, 1.807) is 11.0 Å². The zero-order valence-corrected chi connectivity index (χ0v) is 24.4. The van der Waals surface area contributed by atoms with E-state index in [2.05, 4.69) is 32.0 Å². The number of alkyl halides is 2. The highest BCUT2D eigenvalue weighted by Gasteiger charge is 2.56. The number of piperazine rings is 1. The van der Waals surface area contributed by atoms with Gasteiger partial charge in [0.15, 0.2) is 5.82 Å². The van der Waals surface area contributed by atoms with Gasteiger partial charge in [-0.3, -0.25) is 9.88 Å². The number of pyridine rings is 2. The highest BCUT2D eigenvalue weighted by atomic mass is 35.5. The quantitative estimate of drug-likeness (QED) is 0.204. The molecule has 6 heterocycles. The van der Waals surface area contributed by atoms with Gasteiger partial charge in [-0.2, -0.15) is 0 Å². The van der Waals surface area contributed by atoms with Crippen molar-refractivity contribution < 1.29 is 22.7 Å². The first-order valence-electron chi connectivity index (χ1n) is 14.9. The lowest BCUT2D eigenvalue weighted by atomic mass is 9.93. The van der Waals surface area contributed by atoms with Gasteiger partial charge in [0, 0.05) is 54.1 Å². The third-order valence-corrected chi connectivity index (χ3v) is 9.97. The van der Waals surface area contributed by atoms with E-state index in [1.807, 2.05) is 0 Å². The number of nitrogens with zero attached hydrogens (tertiary/aromatic N) is 4. The molecule has 2 aromatic heterocycles. The number of aromatic nitrogens is 2. The van der Waals surface area contributed by atoms with Gasteiger partial charge in [-0.05, 0) is 67.8 Å². The SMILES string of the molecule is Oc1cc(-c2ncc3c(N4CC5CCC(C4)N5)cc(C#CC45CCCN4CC(F)(F)C5)nc3c2F)c2c(Cl)c(F)ccc2c1. The minimum Gasteiger partial charge on any atom is -0.508 e. The molecular formula is C33H28ClF4N5O. The minimum atomic E-state index is -2.81. The van der Waals surface area contributed by atoms with E-state index in [4.69, 9.17) is 11.6 Å². The monoisotopic (exact) mass is 621 g/mol. The Balaban J connectivity index is 1.32. The van der Waals surface area contributed by atoms with Crippen LogP contribution in [0.1, 0.15) is 37.8 Å². The number of phenols is 1. The smallest absolute Gasteiger partial charge is 0.263 e. The van der Waals surface area contributed by atoms with Crippen LogP contribution in [0.15, 0.2) is 36.5 Å². The molecule has 2 aromatic carbocycles. The van der Waals surface area contributed by atoms with Crippen molar-refractivity contribution in [3.8, 4) is 28.8 Å². The molecule has 0 spiro atoms. The van der Waals surface area contributed by atoms with E-state index in [9.17, 15) is 18.3 Å². The predicted octanol–water partition coefficient (Wildman–Crippen LogP) is 6.25. The van der Waals surface area contributed by atoms with Gasteiger partial charge in [0.05, 0.1) is 22.8 Å². The molecule has 11 heteroatoms. The molecule has 6 nitrogen and oxygen atoms in total. The summed E-state index contributed by atoms with van der Waals surface area (Å²) in [6, 6.07) is 7.76. The third kappa shape index (κ3) is 4.47. The molecule has 0 aliphatic carbocycles. The number of hydrogen-bond donors (Lipinski definition) is 2. The molecule has 0 radical (unpaired) electrons. The van der Waals surface area contributed by atoms with Gasteiger partial charge in [0.2, 0.25) is 0 Å². The number of aromatic hydroxyl groups is 1. The second-order valence-electron chi connectivity index (χ2n) is 12.5. The van der Waals surface area contributed by atoms with E-state index < -0.39 is 23.1 Å². The zero-order valence-electron chi connectivity index (χ0n) is 23.6. The maximum atomic E-state index is 16.7. The summed E-state index contributed by atoms with van der Waals surface area (Å²) in [5.41, 5.74) is 0.0407. The fourth-order valence-corrected chi connectivity index (χ4v) is 7.98. The van der Waals surface area contributed by atoms with Crippen LogP contribution in [-0.4, -0.2) is 69.7 Å². The Bertz CT molecular complexity index is 1910. The number of benzene rings is 2. The van der Waals surface area contributed by atoms with E-state index in [0.29, 0.717) is 48.9 Å². The maximum Gasteiger partial charge on any atom is 0.263 e. The average Bonchev–Trinajstić information content (AvgIpc) is 3.61. The van der Waals surface area contributed by atoms with E-state index >= 15 is 4.39 Å². The van der Waals surface area contributed by atoms with Gasteiger partial charge in [-0.1, -0.05) is 23.6 Å². The second kappa shape index (κ2) is 9.93. The van der Waals surface area contributed by atoms with Gasteiger partial charge in [0.1, 0.15) is 28.5 Å². The Morgan fingerprint density at radius 1 is 1.09 bits per heavy atom. The summed E-state index contributed by atoms with van der Waals surface area (Å²) in [5, 5.41) is 15.0. The molecule has 2 N–H and O–H groups in total. The lowest BCUT2D eigenvalue weighted by Gasteiger charge is -2.35. The van der Waals surface area contributed by atoms with Gasteiger partial charge >= 0.3 is 0 Å². The summed E-state index contributed by atoms with van der Waals surface area (Å²) in [7, 11) is 0. The molecule has 2 bridgehead atoms. The van der Waals surface area contributed by atoms with Crippen molar-refractivity contribution in [1.82, 2.24) is 20.2 Å². The van der Waals surface area contributed by atoms with Crippen LogP contribution < -0.4 is 10.2 Å². The number of rotatable bonds is 2. The number of anilines is 1. The zero-order chi connectivity index (χ0) is 30.4. The Kier molecular flexibility index (Phi) is 6.29. The van der Waals surface area contributed by atoms with Crippen molar-refractivity contribution in [2.24, 2.45) is 0 Å². The number of fused-ring (bicyclic) bond motifs is 5. The van der Waals surface area contributed by atoms with Gasteiger partial charge < -0.3 is 15.3 Å². The molecule has 4 saturated heterocycles. The van der Waals surface area contributed by atoms with Crippen LogP contribution in [0.4, 0.5) is 23.2 Å². The van der Waals surface area contributed by atoms with E-state index in [0.717, 1.165) is 24.9 Å². The van der Waals surface area contributed by atoms with Gasteiger partial charge in [0.25, 0.3) is 5.92 Å². The minimum absolute atomic E-state index is 0.00391. The van der Waals surface area contributed by atoms with Crippen LogP contribution in [0, 0.1) is 23.5 Å². The molecule has 226 valence electrons. The fourth-order valence-electron chi connectivity index (χ4n) is 7.70. The number of hydrogen-bond acceptors (Lipinski definition) is 6. The molecule has 0 saturated carbocycles. The summed E-state index contributed by atoms with van der Waals surface area (Å²) < 4.78 is 60.1. The summed E-state index contributed by atoms with van der Waals surface area (Å²) >= 11 is 6.35. The highest BCUT2D eigenvalue weighted by molar-refractivity contribution is 6.37. The van der Waals surface area contributed by atoms with Crippen LogP contribution in [0.5, 0.6) is 5.75 Å². The standard InChI is InChI=1S/C33H28ClF4N5O/c34-28-25(35)5-2-18-10-22(44)12-23(27(18)28)30-29(36)31-24(13-39-30)26(42-14-20-3-4-21(15-42)40-20)11-19(41-31)6-8-32-7-1-9-43(32)17-33(37,38)16-32/h2,5,10-13,20-21,40,44H,1,3-4,7,9,14-17H2. The largest absolute Gasteiger partial charge is 0.508 e. The van der Waals surface area contributed by atoms with Crippen molar-refractivity contribution in [2.45, 2.75) is 55.6 Å². The molecule has 8 rings (SSSR count). The molecule has 3 atom stereocenters. The lowest BCUT2D eigenvalue weighted by Crippen LogP contribution is -2.51. The second-order valence-corrected chi connectivity index (χ2v) is 12.9. The first kappa shape index (κ1) is 27.9. The molecule has 4 fully saturated rings. The summed E-state index contributed by atoms with van der Waals surface area (Å²) in [6.07, 6.45) is 4.62. The van der Waals surface area contributed by atoms with Crippen molar-refractivity contribution in [1.29, 1.82) is 0 Å². The van der Waals surface area contributed by atoms with Crippen LogP contribution in [0.25, 0.3) is 32.9 Å². The molecule has 4 aliphatic rings. The average molecular weight is 622 g/mol. The Morgan fingerprint density at radius 3 is 2.68 bits per heavy atom. The van der Waals surface area contributed by atoms with Crippen molar-refractivity contribution in [2.75, 3.05) is 31.1 Å². The highest BCUT2D eigenvalue weighted by Crippen LogP contribution is 2.46. The van der Waals surface area contributed by atoms with Crippen LogP contribution in [0.3, 0.4) is 0 Å². The number of halogens is 5. The number of nitrogens with one attached hydrogen (secondary N) is 1. The summed E-state index contributed by atoms with van der Waals surface area (Å²) in [5.74, 6) is 1.77.